The van der Waals surface area contributed by atoms with Crippen molar-refractivity contribution in [3.05, 3.63) is 0 Å². The summed E-state index contributed by atoms with van der Waals surface area (Å²) in [5, 5.41) is 14.7. The number of carboxylic acids is 1. The zero-order valence-electron chi connectivity index (χ0n) is 11.1. The average Bonchev–Trinajstić information content (AvgIpc) is 2.31. The van der Waals surface area contributed by atoms with E-state index in [9.17, 15) is 9.59 Å². The summed E-state index contributed by atoms with van der Waals surface area (Å²) in [6.07, 6.45) is 0.721. The van der Waals surface area contributed by atoms with Gasteiger partial charge < -0.3 is 15.7 Å². The average molecular weight is 244 g/mol. The molecule has 0 aromatic rings. The molecule has 0 saturated heterocycles. The van der Waals surface area contributed by atoms with Crippen molar-refractivity contribution >= 4 is 11.9 Å². The summed E-state index contributed by atoms with van der Waals surface area (Å²) in [6.45, 7) is 8.85. The molecule has 0 aromatic heterocycles. The van der Waals surface area contributed by atoms with Crippen LogP contribution in [0.1, 0.15) is 34.1 Å². The van der Waals surface area contributed by atoms with Gasteiger partial charge in [-0.15, -0.1) is 0 Å². The summed E-state index contributed by atoms with van der Waals surface area (Å²) >= 11 is 0. The second kappa shape index (κ2) is 8.06. The topological polar surface area (TPSA) is 78.4 Å². The smallest absolute Gasteiger partial charge is 0.326 e. The molecule has 5 heteroatoms. The van der Waals surface area contributed by atoms with E-state index in [1.54, 1.807) is 6.92 Å². The molecule has 5 nitrogen and oxygen atoms in total. The Morgan fingerprint density at radius 1 is 1.24 bits per heavy atom. The molecule has 17 heavy (non-hydrogen) atoms. The zero-order valence-corrected chi connectivity index (χ0v) is 11.1. The summed E-state index contributed by atoms with van der Waals surface area (Å²) in [6, 6.07) is -0.795. The van der Waals surface area contributed by atoms with Crippen molar-refractivity contribution in [1.82, 2.24) is 10.6 Å². The molecule has 0 heterocycles. The van der Waals surface area contributed by atoms with Crippen LogP contribution >= 0.6 is 0 Å². The number of carboxylic acid groups (broad SMARTS) is 1. The van der Waals surface area contributed by atoms with E-state index in [0.29, 0.717) is 6.54 Å². The van der Waals surface area contributed by atoms with Crippen molar-refractivity contribution in [3.8, 4) is 0 Å². The second-order valence-corrected chi connectivity index (χ2v) is 4.42. The summed E-state index contributed by atoms with van der Waals surface area (Å²) in [7, 11) is 0. The highest BCUT2D eigenvalue weighted by Crippen LogP contribution is 2.08. The Bertz CT molecular complexity index is 256. The molecular weight excluding hydrogens is 220 g/mol. The Balaban J connectivity index is 4.35. The minimum absolute atomic E-state index is 0.0669. The van der Waals surface area contributed by atoms with Gasteiger partial charge in [-0.25, -0.2) is 4.79 Å². The maximum absolute atomic E-state index is 11.8. The molecule has 3 N–H and O–H groups in total. The first kappa shape index (κ1) is 15.9. The van der Waals surface area contributed by atoms with Gasteiger partial charge in [-0.05, 0) is 12.5 Å². The number of carbonyl (C=O) groups excluding carboxylic acids is 1. The summed E-state index contributed by atoms with van der Waals surface area (Å²) in [4.78, 5) is 22.8. The van der Waals surface area contributed by atoms with Crippen molar-refractivity contribution in [1.29, 1.82) is 0 Å². The molecule has 0 fully saturated rings. The van der Waals surface area contributed by atoms with Crippen LogP contribution in [-0.2, 0) is 9.59 Å². The number of rotatable bonds is 8. The fourth-order valence-corrected chi connectivity index (χ4v) is 1.43. The van der Waals surface area contributed by atoms with Gasteiger partial charge in [0, 0.05) is 12.5 Å². The normalized spacial score (nSPS) is 16.0. The van der Waals surface area contributed by atoms with Crippen molar-refractivity contribution < 1.29 is 14.7 Å². The molecule has 0 rings (SSSR count). The van der Waals surface area contributed by atoms with E-state index in [2.05, 4.69) is 10.6 Å². The lowest BCUT2D eigenvalue weighted by Gasteiger charge is -2.22. The van der Waals surface area contributed by atoms with Crippen LogP contribution in [0.4, 0.5) is 0 Å². The third-order valence-electron chi connectivity index (χ3n) is 2.92. The van der Waals surface area contributed by atoms with Gasteiger partial charge in [0.05, 0.1) is 0 Å². The third-order valence-corrected chi connectivity index (χ3v) is 2.92. The molecule has 0 spiro atoms. The van der Waals surface area contributed by atoms with E-state index >= 15 is 0 Å². The molecule has 0 aliphatic carbocycles. The van der Waals surface area contributed by atoms with Crippen LogP contribution in [0.2, 0.25) is 0 Å². The van der Waals surface area contributed by atoms with E-state index in [1.807, 2.05) is 20.8 Å². The van der Waals surface area contributed by atoms with Crippen molar-refractivity contribution in [3.63, 3.8) is 0 Å². The Morgan fingerprint density at radius 2 is 1.82 bits per heavy atom. The first-order chi connectivity index (χ1) is 7.93. The molecule has 0 aromatic carbocycles. The predicted molar refractivity (Wildman–Crippen MR) is 66.7 cm³/mol. The quantitative estimate of drug-likeness (QED) is 0.591. The van der Waals surface area contributed by atoms with E-state index in [1.165, 1.54) is 0 Å². The van der Waals surface area contributed by atoms with Crippen LogP contribution < -0.4 is 10.6 Å². The summed E-state index contributed by atoms with van der Waals surface area (Å²) in [5.41, 5.74) is 0. The molecule has 3 unspecified atom stereocenters. The van der Waals surface area contributed by atoms with E-state index in [0.717, 1.165) is 13.0 Å². The Kier molecular flexibility index (Phi) is 7.54. The van der Waals surface area contributed by atoms with Gasteiger partial charge in [0.2, 0.25) is 5.91 Å². The lowest BCUT2D eigenvalue weighted by atomic mass is 9.98. The van der Waals surface area contributed by atoms with Gasteiger partial charge in [-0.2, -0.15) is 0 Å². The highest BCUT2D eigenvalue weighted by molar-refractivity contribution is 5.85. The van der Waals surface area contributed by atoms with Crippen LogP contribution in [0.15, 0.2) is 0 Å². The Labute approximate surface area is 103 Å². The first-order valence-corrected chi connectivity index (χ1v) is 6.17. The molecule has 0 aliphatic heterocycles. The van der Waals surface area contributed by atoms with Crippen molar-refractivity contribution in [2.45, 2.75) is 40.2 Å². The predicted octanol–water partition coefficient (Wildman–Crippen LogP) is 0.847. The molecule has 100 valence electrons. The van der Waals surface area contributed by atoms with E-state index in [4.69, 9.17) is 5.11 Å². The molecular formula is C12H24N2O3. The van der Waals surface area contributed by atoms with Gasteiger partial charge >= 0.3 is 5.97 Å². The van der Waals surface area contributed by atoms with Gasteiger partial charge in [0.1, 0.15) is 6.04 Å². The minimum atomic E-state index is -0.969. The SMILES string of the molecule is CCNCC(C)C(=O)NC(C(=O)O)C(C)CC. The monoisotopic (exact) mass is 244 g/mol. The summed E-state index contributed by atoms with van der Waals surface area (Å²) in [5.74, 6) is -1.47. The largest absolute Gasteiger partial charge is 0.480 e. The Morgan fingerprint density at radius 3 is 2.24 bits per heavy atom. The van der Waals surface area contributed by atoms with Crippen LogP contribution in [0.5, 0.6) is 0 Å². The van der Waals surface area contributed by atoms with Crippen molar-refractivity contribution in [2.75, 3.05) is 13.1 Å². The number of nitrogens with one attached hydrogen (secondary N) is 2. The fourth-order valence-electron chi connectivity index (χ4n) is 1.43. The summed E-state index contributed by atoms with van der Waals surface area (Å²) < 4.78 is 0. The van der Waals surface area contributed by atoms with Crippen LogP contribution in [0.25, 0.3) is 0 Å². The Hall–Kier alpha value is -1.10. The number of amides is 1. The maximum atomic E-state index is 11.8. The molecule has 1 amide bonds. The maximum Gasteiger partial charge on any atom is 0.326 e. The number of hydrogen-bond acceptors (Lipinski definition) is 3. The van der Waals surface area contributed by atoms with Crippen LogP contribution in [-0.4, -0.2) is 36.1 Å². The third kappa shape index (κ3) is 5.68. The molecule has 0 radical (unpaired) electrons. The standard InChI is InChI=1S/C12H24N2O3/c1-5-8(3)10(12(16)17)14-11(15)9(4)7-13-6-2/h8-10,13H,5-7H2,1-4H3,(H,14,15)(H,16,17). The van der Waals surface area contributed by atoms with E-state index in [-0.39, 0.29) is 17.7 Å². The number of hydrogen-bond donors (Lipinski definition) is 3. The van der Waals surface area contributed by atoms with Gasteiger partial charge in [0.15, 0.2) is 0 Å². The van der Waals surface area contributed by atoms with E-state index < -0.39 is 12.0 Å². The fraction of sp³-hybridized carbons (Fsp3) is 0.833. The first-order valence-electron chi connectivity index (χ1n) is 6.17. The van der Waals surface area contributed by atoms with Crippen LogP contribution in [0, 0.1) is 11.8 Å². The zero-order chi connectivity index (χ0) is 13.4. The van der Waals surface area contributed by atoms with Gasteiger partial charge in [-0.3, -0.25) is 4.79 Å². The second-order valence-electron chi connectivity index (χ2n) is 4.42. The highest BCUT2D eigenvalue weighted by Gasteiger charge is 2.26. The highest BCUT2D eigenvalue weighted by atomic mass is 16.4. The van der Waals surface area contributed by atoms with Gasteiger partial charge in [-0.1, -0.05) is 34.1 Å². The lowest BCUT2D eigenvalue weighted by Crippen LogP contribution is -2.48. The van der Waals surface area contributed by atoms with Crippen LogP contribution in [0.3, 0.4) is 0 Å². The number of carbonyl (C=O) groups is 2. The van der Waals surface area contributed by atoms with Gasteiger partial charge in [0.25, 0.3) is 0 Å². The molecule has 3 atom stereocenters. The minimum Gasteiger partial charge on any atom is -0.480 e. The molecule has 0 bridgehead atoms. The van der Waals surface area contributed by atoms with Crippen molar-refractivity contribution in [2.24, 2.45) is 11.8 Å². The molecule has 0 saturated carbocycles. The molecule has 0 aliphatic rings. The number of aliphatic carboxylic acids is 1. The lowest BCUT2D eigenvalue weighted by molar-refractivity contribution is -0.143.